The van der Waals surface area contributed by atoms with Crippen molar-refractivity contribution in [2.24, 2.45) is 0 Å². The van der Waals surface area contributed by atoms with Crippen molar-refractivity contribution >= 4 is 34.0 Å². The summed E-state index contributed by atoms with van der Waals surface area (Å²) < 4.78 is 1.99. The van der Waals surface area contributed by atoms with E-state index in [2.05, 4.69) is 45.6 Å². The summed E-state index contributed by atoms with van der Waals surface area (Å²) in [6.07, 6.45) is 5.24. The van der Waals surface area contributed by atoms with Crippen molar-refractivity contribution in [2.45, 2.75) is 26.7 Å². The molecule has 0 radical (unpaired) electrons. The summed E-state index contributed by atoms with van der Waals surface area (Å²) in [6.45, 7) is 3.47. The summed E-state index contributed by atoms with van der Waals surface area (Å²) in [5, 5.41) is 9.00. The Hall–Kier alpha value is -3.88. The molecule has 1 aromatic carbocycles. The molecule has 0 bridgehead atoms. The number of aromatic nitrogens is 5. The minimum atomic E-state index is -0.131. The van der Waals surface area contributed by atoms with Crippen LogP contribution in [-0.2, 0) is 17.6 Å². The van der Waals surface area contributed by atoms with E-state index >= 15 is 0 Å². The zero-order valence-corrected chi connectivity index (χ0v) is 21.2. The van der Waals surface area contributed by atoms with E-state index in [4.69, 9.17) is 21.7 Å². The van der Waals surface area contributed by atoms with E-state index in [9.17, 15) is 4.79 Å². The van der Waals surface area contributed by atoms with Gasteiger partial charge < -0.3 is 5.32 Å². The normalized spacial score (nSPS) is 12.2. The lowest BCUT2D eigenvalue weighted by molar-refractivity contribution is -0.114. The molecule has 1 aliphatic carbocycles. The first kappa shape index (κ1) is 22.6. The maximum atomic E-state index is 11.7. The van der Waals surface area contributed by atoms with Crippen molar-refractivity contribution < 1.29 is 4.79 Å². The highest BCUT2D eigenvalue weighted by molar-refractivity contribution is 7.19. The first-order valence-corrected chi connectivity index (χ1v) is 12.7. The molecule has 4 aromatic heterocycles. The highest BCUT2D eigenvalue weighted by Gasteiger charge is 2.30. The van der Waals surface area contributed by atoms with Gasteiger partial charge >= 0.3 is 0 Å². The molecule has 5 aromatic rings. The Morgan fingerprint density at radius 2 is 1.72 bits per heavy atom. The Labute approximate surface area is 216 Å². The zero-order valence-electron chi connectivity index (χ0n) is 19.6. The van der Waals surface area contributed by atoms with E-state index in [0.29, 0.717) is 10.3 Å². The summed E-state index contributed by atoms with van der Waals surface area (Å²) in [6, 6.07) is 16.0. The maximum absolute atomic E-state index is 11.7. The predicted octanol–water partition coefficient (Wildman–Crippen LogP) is 6.14. The third-order valence-corrected chi connectivity index (χ3v) is 7.39. The van der Waals surface area contributed by atoms with Crippen LogP contribution in [0.1, 0.15) is 23.9 Å². The van der Waals surface area contributed by atoms with Gasteiger partial charge in [0.15, 0.2) is 5.13 Å². The fraction of sp³-hybridized carbons (Fsp3) is 0.148. The van der Waals surface area contributed by atoms with E-state index in [1.54, 1.807) is 12.3 Å². The first-order valence-electron chi connectivity index (χ1n) is 11.5. The van der Waals surface area contributed by atoms with Crippen molar-refractivity contribution in [1.82, 2.24) is 24.7 Å². The topological polar surface area (TPSA) is 85.6 Å². The lowest BCUT2D eigenvalue weighted by Crippen LogP contribution is -2.07. The van der Waals surface area contributed by atoms with Crippen molar-refractivity contribution in [1.29, 1.82) is 0 Å². The van der Waals surface area contributed by atoms with E-state index in [1.807, 2.05) is 29.9 Å². The minimum absolute atomic E-state index is 0.131. The molecule has 0 spiro atoms. The van der Waals surface area contributed by atoms with Gasteiger partial charge in [-0.05, 0) is 61.7 Å². The number of nitrogens with one attached hydrogen (secondary N) is 1. The minimum Gasteiger partial charge on any atom is -0.302 e. The van der Waals surface area contributed by atoms with Crippen LogP contribution in [0.15, 0.2) is 60.9 Å². The molecule has 0 saturated heterocycles. The van der Waals surface area contributed by atoms with E-state index in [-0.39, 0.29) is 5.91 Å². The van der Waals surface area contributed by atoms with E-state index in [0.717, 1.165) is 68.4 Å². The van der Waals surface area contributed by atoms with Crippen LogP contribution in [0.3, 0.4) is 0 Å². The molecule has 1 aliphatic rings. The van der Waals surface area contributed by atoms with Crippen molar-refractivity contribution in [3.05, 3.63) is 83.0 Å². The number of carbonyl (C=O) groups excluding carboxylic acids is 1. The van der Waals surface area contributed by atoms with Gasteiger partial charge in [0.2, 0.25) is 5.91 Å². The van der Waals surface area contributed by atoms with Gasteiger partial charge in [-0.15, -0.1) is 0 Å². The third kappa shape index (κ3) is 4.08. The van der Waals surface area contributed by atoms with Crippen molar-refractivity contribution in [3.63, 3.8) is 0 Å². The number of hydrogen-bond acceptors (Lipinski definition) is 6. The molecule has 4 heterocycles. The lowest BCUT2D eigenvalue weighted by atomic mass is 9.95. The van der Waals surface area contributed by atoms with Crippen LogP contribution in [0.2, 0.25) is 5.15 Å². The number of anilines is 1. The number of rotatable bonds is 4. The quantitative estimate of drug-likeness (QED) is 0.292. The number of halogens is 1. The molecule has 1 N–H and O–H groups in total. The van der Waals surface area contributed by atoms with Crippen LogP contribution in [-0.4, -0.2) is 30.6 Å². The second-order valence-electron chi connectivity index (χ2n) is 8.67. The van der Waals surface area contributed by atoms with Gasteiger partial charge in [0, 0.05) is 41.7 Å². The molecular weight excluding hydrogens is 492 g/mol. The number of aryl methyl sites for hydroxylation is 2. The molecule has 9 heteroatoms. The molecule has 0 atom stereocenters. The molecule has 6 rings (SSSR count). The predicted molar refractivity (Wildman–Crippen MR) is 143 cm³/mol. The van der Waals surface area contributed by atoms with Gasteiger partial charge in [-0.25, -0.2) is 14.6 Å². The SMILES string of the molecule is CC(=O)Nc1nc2c(s1)-c1c(c(-c3ccc(C)nc3)nn1-c1ccc(-c3ccc(Cl)nc3)cc1)CC2. The Bertz CT molecular complexity index is 1590. The zero-order chi connectivity index (χ0) is 24.8. The fourth-order valence-electron chi connectivity index (χ4n) is 4.44. The second kappa shape index (κ2) is 8.96. The number of amides is 1. The number of carbonyl (C=O) groups is 1. The average molecular weight is 513 g/mol. The second-order valence-corrected chi connectivity index (χ2v) is 10.1. The molecule has 0 saturated carbocycles. The summed E-state index contributed by atoms with van der Waals surface area (Å²) in [5.41, 5.74) is 8.99. The molecule has 178 valence electrons. The van der Waals surface area contributed by atoms with Crippen molar-refractivity contribution in [2.75, 3.05) is 5.32 Å². The van der Waals surface area contributed by atoms with Crippen LogP contribution >= 0.6 is 22.9 Å². The van der Waals surface area contributed by atoms with Gasteiger partial charge in [-0.3, -0.25) is 9.78 Å². The van der Waals surface area contributed by atoms with Gasteiger partial charge in [0.05, 0.1) is 27.6 Å². The third-order valence-electron chi connectivity index (χ3n) is 6.15. The summed E-state index contributed by atoms with van der Waals surface area (Å²) in [7, 11) is 0. The summed E-state index contributed by atoms with van der Waals surface area (Å²) in [4.78, 5) is 26.1. The number of thiazole rings is 1. The average Bonchev–Trinajstić information content (AvgIpc) is 3.46. The number of fused-ring (bicyclic) bond motifs is 3. The lowest BCUT2D eigenvalue weighted by Gasteiger charge is -2.14. The Balaban J connectivity index is 1.49. The standard InChI is InChI=1S/C27H21ClN6OS/c1-15-3-4-19(14-29-15)24-21-10-11-22-26(36-27(32-22)31-16(2)35)25(21)34(33-24)20-8-5-17(6-9-20)18-7-12-23(28)30-13-18/h3-9,12-14H,10-11H2,1-2H3,(H,31,32,35). The van der Waals surface area contributed by atoms with Gasteiger partial charge in [-0.1, -0.05) is 35.1 Å². The first-order chi connectivity index (χ1) is 17.5. The van der Waals surface area contributed by atoms with Crippen molar-refractivity contribution in [3.8, 4) is 38.6 Å². The summed E-state index contributed by atoms with van der Waals surface area (Å²) >= 11 is 7.44. The number of benzene rings is 1. The van der Waals surface area contributed by atoms with Crippen LogP contribution < -0.4 is 5.32 Å². The molecular formula is C27H21ClN6OS. The van der Waals surface area contributed by atoms with E-state index < -0.39 is 0 Å². The van der Waals surface area contributed by atoms with Crippen LogP contribution in [0.5, 0.6) is 0 Å². The number of hydrogen-bond donors (Lipinski definition) is 1. The van der Waals surface area contributed by atoms with Crippen LogP contribution in [0, 0.1) is 6.92 Å². The van der Waals surface area contributed by atoms with Gasteiger partial charge in [0.1, 0.15) is 5.15 Å². The largest absolute Gasteiger partial charge is 0.302 e. The number of pyridine rings is 2. The summed E-state index contributed by atoms with van der Waals surface area (Å²) in [5.74, 6) is -0.131. The molecule has 7 nitrogen and oxygen atoms in total. The van der Waals surface area contributed by atoms with Gasteiger partial charge in [-0.2, -0.15) is 5.10 Å². The maximum Gasteiger partial charge on any atom is 0.223 e. The van der Waals surface area contributed by atoms with E-state index in [1.165, 1.54) is 18.3 Å². The molecule has 1 amide bonds. The van der Waals surface area contributed by atoms with Gasteiger partial charge in [0.25, 0.3) is 0 Å². The smallest absolute Gasteiger partial charge is 0.223 e. The Morgan fingerprint density at radius 3 is 2.42 bits per heavy atom. The highest BCUT2D eigenvalue weighted by Crippen LogP contribution is 2.44. The molecule has 36 heavy (non-hydrogen) atoms. The fourth-order valence-corrected chi connectivity index (χ4v) is 5.67. The Kier molecular flexibility index (Phi) is 5.62. The van der Waals surface area contributed by atoms with Crippen LogP contribution in [0.4, 0.5) is 5.13 Å². The monoisotopic (exact) mass is 512 g/mol. The molecule has 0 aliphatic heterocycles. The van der Waals surface area contributed by atoms with Crippen LogP contribution in [0.25, 0.3) is 38.6 Å². The Morgan fingerprint density at radius 1 is 0.972 bits per heavy atom. The highest BCUT2D eigenvalue weighted by atomic mass is 35.5. The molecule has 0 fully saturated rings. The number of nitrogens with zero attached hydrogens (tertiary/aromatic N) is 5. The molecule has 0 unspecified atom stereocenters.